The van der Waals surface area contributed by atoms with Crippen LogP contribution in [0.5, 0.6) is 0 Å². The zero-order valence-corrected chi connectivity index (χ0v) is 12.2. The predicted molar refractivity (Wildman–Crippen MR) is 85.3 cm³/mol. The van der Waals surface area contributed by atoms with Gasteiger partial charge in [-0.2, -0.15) is 0 Å². The fourth-order valence-corrected chi connectivity index (χ4v) is 2.74. The normalized spacial score (nSPS) is 10.5. The Bertz CT molecular complexity index is 777. The lowest BCUT2D eigenvalue weighted by molar-refractivity contribution is 0.101. The van der Waals surface area contributed by atoms with Crippen molar-refractivity contribution in [3.8, 4) is 10.6 Å². The van der Waals surface area contributed by atoms with Crippen molar-refractivity contribution >= 4 is 28.6 Å². The highest BCUT2D eigenvalue weighted by atomic mass is 32.1. The third kappa shape index (κ3) is 2.80. The summed E-state index contributed by atoms with van der Waals surface area (Å²) >= 11 is 1.56. The standard InChI is InChI=1S/C15H14N4OS/c1-19-9-11(16)8-13(19)14(20)18-12-4-2-3-10(7-12)15-17-5-6-21-15/h2-9H,16H2,1H3,(H,18,20). The van der Waals surface area contributed by atoms with Crippen LogP contribution in [0.2, 0.25) is 0 Å². The largest absolute Gasteiger partial charge is 0.397 e. The number of carbonyl (C=O) groups excluding carboxylic acids is 1. The molecule has 106 valence electrons. The molecule has 1 amide bonds. The average molecular weight is 298 g/mol. The molecule has 3 N–H and O–H groups in total. The van der Waals surface area contributed by atoms with Gasteiger partial charge in [-0.15, -0.1) is 11.3 Å². The Balaban J connectivity index is 1.84. The molecule has 0 radical (unpaired) electrons. The minimum atomic E-state index is -0.189. The monoisotopic (exact) mass is 298 g/mol. The first kappa shape index (κ1) is 13.4. The lowest BCUT2D eigenvalue weighted by atomic mass is 10.2. The van der Waals surface area contributed by atoms with E-state index >= 15 is 0 Å². The van der Waals surface area contributed by atoms with Crippen molar-refractivity contribution in [2.24, 2.45) is 7.05 Å². The van der Waals surface area contributed by atoms with E-state index in [0.717, 1.165) is 16.3 Å². The molecular formula is C15H14N4OS. The molecule has 0 unspecified atom stereocenters. The SMILES string of the molecule is Cn1cc(N)cc1C(=O)Nc1cccc(-c2nccs2)c1. The second-order valence-corrected chi connectivity index (χ2v) is 5.54. The highest BCUT2D eigenvalue weighted by molar-refractivity contribution is 7.13. The van der Waals surface area contributed by atoms with E-state index < -0.39 is 0 Å². The molecule has 0 atom stereocenters. The van der Waals surface area contributed by atoms with Gasteiger partial charge in [-0.3, -0.25) is 4.79 Å². The number of hydrogen-bond donors (Lipinski definition) is 2. The van der Waals surface area contributed by atoms with Crippen LogP contribution in [0, 0.1) is 0 Å². The molecular weight excluding hydrogens is 284 g/mol. The second-order valence-electron chi connectivity index (χ2n) is 4.64. The van der Waals surface area contributed by atoms with E-state index in [0.29, 0.717) is 11.4 Å². The van der Waals surface area contributed by atoms with E-state index in [1.54, 1.807) is 41.4 Å². The lowest BCUT2D eigenvalue weighted by Gasteiger charge is -2.07. The molecule has 0 aliphatic rings. The van der Waals surface area contributed by atoms with E-state index in [1.807, 2.05) is 29.6 Å². The number of anilines is 2. The molecule has 0 fully saturated rings. The molecule has 0 saturated carbocycles. The number of rotatable bonds is 3. The van der Waals surface area contributed by atoms with Crippen molar-refractivity contribution in [1.82, 2.24) is 9.55 Å². The van der Waals surface area contributed by atoms with Gasteiger partial charge in [-0.25, -0.2) is 4.98 Å². The van der Waals surface area contributed by atoms with Crippen molar-refractivity contribution in [2.75, 3.05) is 11.1 Å². The number of aromatic nitrogens is 2. The molecule has 6 heteroatoms. The van der Waals surface area contributed by atoms with E-state index in [-0.39, 0.29) is 5.91 Å². The van der Waals surface area contributed by atoms with Crippen LogP contribution in [0.3, 0.4) is 0 Å². The number of nitrogens with zero attached hydrogens (tertiary/aromatic N) is 2. The van der Waals surface area contributed by atoms with Gasteiger partial charge in [0.25, 0.3) is 5.91 Å². The predicted octanol–water partition coefficient (Wildman–Crippen LogP) is 2.98. The van der Waals surface area contributed by atoms with Crippen LogP contribution in [0.15, 0.2) is 48.1 Å². The van der Waals surface area contributed by atoms with Crippen molar-refractivity contribution in [3.05, 3.63) is 53.8 Å². The van der Waals surface area contributed by atoms with Crippen LogP contribution < -0.4 is 11.1 Å². The Morgan fingerprint density at radius 3 is 2.90 bits per heavy atom. The Hall–Kier alpha value is -2.60. The smallest absolute Gasteiger partial charge is 0.272 e. The number of thiazole rings is 1. The first-order valence-electron chi connectivity index (χ1n) is 6.36. The van der Waals surface area contributed by atoms with Gasteiger partial charge in [-0.1, -0.05) is 12.1 Å². The lowest BCUT2D eigenvalue weighted by Crippen LogP contribution is -2.15. The fraction of sp³-hybridized carbons (Fsp3) is 0.0667. The van der Waals surface area contributed by atoms with Crippen LogP contribution in [-0.2, 0) is 7.05 Å². The third-order valence-electron chi connectivity index (χ3n) is 3.06. The quantitative estimate of drug-likeness (QED) is 0.780. The maximum absolute atomic E-state index is 12.2. The fourth-order valence-electron chi connectivity index (χ4n) is 2.11. The molecule has 0 bridgehead atoms. The number of benzene rings is 1. The van der Waals surface area contributed by atoms with E-state index in [1.165, 1.54) is 0 Å². The van der Waals surface area contributed by atoms with Crippen molar-refractivity contribution in [3.63, 3.8) is 0 Å². The molecule has 5 nitrogen and oxygen atoms in total. The summed E-state index contributed by atoms with van der Waals surface area (Å²) in [5.41, 5.74) is 8.49. The summed E-state index contributed by atoms with van der Waals surface area (Å²) in [5, 5.41) is 5.73. The topological polar surface area (TPSA) is 72.9 Å². The summed E-state index contributed by atoms with van der Waals surface area (Å²) in [5.74, 6) is -0.189. The molecule has 0 spiro atoms. The summed E-state index contributed by atoms with van der Waals surface area (Å²) in [4.78, 5) is 16.5. The summed E-state index contributed by atoms with van der Waals surface area (Å²) in [6.07, 6.45) is 3.47. The molecule has 2 heterocycles. The number of aryl methyl sites for hydroxylation is 1. The number of hydrogen-bond acceptors (Lipinski definition) is 4. The highest BCUT2D eigenvalue weighted by Gasteiger charge is 2.11. The zero-order chi connectivity index (χ0) is 14.8. The molecule has 1 aromatic carbocycles. The number of nitrogen functional groups attached to an aromatic ring is 1. The second kappa shape index (κ2) is 5.41. The number of amides is 1. The van der Waals surface area contributed by atoms with Crippen molar-refractivity contribution in [1.29, 1.82) is 0 Å². The first-order chi connectivity index (χ1) is 10.1. The van der Waals surface area contributed by atoms with Crippen molar-refractivity contribution in [2.45, 2.75) is 0 Å². The maximum Gasteiger partial charge on any atom is 0.272 e. The average Bonchev–Trinajstić information content (AvgIpc) is 3.08. The van der Waals surface area contributed by atoms with Gasteiger partial charge >= 0.3 is 0 Å². The summed E-state index contributed by atoms with van der Waals surface area (Å²) in [6, 6.07) is 9.27. The van der Waals surface area contributed by atoms with Crippen LogP contribution in [-0.4, -0.2) is 15.5 Å². The highest BCUT2D eigenvalue weighted by Crippen LogP contribution is 2.24. The number of carbonyl (C=O) groups is 1. The van der Waals surface area contributed by atoms with Gasteiger partial charge in [0.1, 0.15) is 10.7 Å². The first-order valence-corrected chi connectivity index (χ1v) is 7.24. The van der Waals surface area contributed by atoms with Gasteiger partial charge in [0.05, 0.1) is 5.69 Å². The molecule has 0 aliphatic heterocycles. The minimum Gasteiger partial charge on any atom is -0.397 e. The van der Waals surface area contributed by atoms with Gasteiger partial charge in [-0.05, 0) is 18.2 Å². The minimum absolute atomic E-state index is 0.189. The Labute approximate surface area is 126 Å². The Morgan fingerprint density at radius 1 is 1.38 bits per heavy atom. The molecule has 0 saturated heterocycles. The third-order valence-corrected chi connectivity index (χ3v) is 3.88. The van der Waals surface area contributed by atoms with Gasteiger partial charge in [0, 0.05) is 36.1 Å². The van der Waals surface area contributed by atoms with E-state index in [9.17, 15) is 4.79 Å². The van der Waals surface area contributed by atoms with Crippen LogP contribution in [0.25, 0.3) is 10.6 Å². The molecule has 3 rings (SSSR count). The molecule has 3 aromatic rings. The van der Waals surface area contributed by atoms with Crippen molar-refractivity contribution < 1.29 is 4.79 Å². The van der Waals surface area contributed by atoms with Gasteiger partial charge in [0.15, 0.2) is 0 Å². The van der Waals surface area contributed by atoms with Crippen LogP contribution in [0.1, 0.15) is 10.5 Å². The van der Waals surface area contributed by atoms with Crippen LogP contribution in [0.4, 0.5) is 11.4 Å². The van der Waals surface area contributed by atoms with E-state index in [4.69, 9.17) is 5.73 Å². The summed E-state index contributed by atoms with van der Waals surface area (Å²) in [7, 11) is 1.79. The van der Waals surface area contributed by atoms with Crippen LogP contribution >= 0.6 is 11.3 Å². The Kier molecular flexibility index (Phi) is 3.45. The summed E-state index contributed by atoms with van der Waals surface area (Å²) in [6.45, 7) is 0. The van der Waals surface area contributed by atoms with E-state index in [2.05, 4.69) is 10.3 Å². The van der Waals surface area contributed by atoms with Gasteiger partial charge in [0.2, 0.25) is 0 Å². The number of nitrogens with one attached hydrogen (secondary N) is 1. The molecule has 2 aromatic heterocycles. The maximum atomic E-state index is 12.2. The molecule has 21 heavy (non-hydrogen) atoms. The zero-order valence-electron chi connectivity index (χ0n) is 11.4. The summed E-state index contributed by atoms with van der Waals surface area (Å²) < 4.78 is 1.70. The Morgan fingerprint density at radius 2 is 2.24 bits per heavy atom. The molecule has 0 aliphatic carbocycles. The van der Waals surface area contributed by atoms with Gasteiger partial charge < -0.3 is 15.6 Å². The number of nitrogens with two attached hydrogens (primary N) is 1.